The van der Waals surface area contributed by atoms with Gasteiger partial charge < -0.3 is 10.2 Å². The molecule has 1 aromatic rings. The lowest BCUT2D eigenvalue weighted by Gasteiger charge is -2.30. The first-order valence-electron chi connectivity index (χ1n) is 7.62. The molecule has 1 aromatic heterocycles. The Morgan fingerprint density at radius 1 is 1.55 bits per heavy atom. The summed E-state index contributed by atoms with van der Waals surface area (Å²) in [7, 11) is 0. The molecule has 5 nitrogen and oxygen atoms in total. The van der Waals surface area contributed by atoms with Gasteiger partial charge in [0, 0.05) is 42.5 Å². The van der Waals surface area contributed by atoms with Crippen molar-refractivity contribution in [2.24, 2.45) is 5.92 Å². The van der Waals surface area contributed by atoms with Crippen molar-refractivity contribution in [2.75, 3.05) is 19.6 Å². The van der Waals surface area contributed by atoms with Gasteiger partial charge in [-0.3, -0.25) is 9.59 Å². The van der Waals surface area contributed by atoms with Crippen LogP contribution in [0.4, 0.5) is 0 Å². The van der Waals surface area contributed by atoms with E-state index >= 15 is 0 Å². The minimum absolute atomic E-state index is 0.000837. The predicted molar refractivity (Wildman–Crippen MR) is 87.8 cm³/mol. The molecule has 0 radical (unpaired) electrons. The number of piperidine rings is 1. The van der Waals surface area contributed by atoms with Crippen LogP contribution in [0.5, 0.6) is 0 Å². The van der Waals surface area contributed by atoms with Crippen LogP contribution in [0.25, 0.3) is 0 Å². The third kappa shape index (κ3) is 4.16. The fraction of sp³-hybridized carbons (Fsp3) is 0.562. The monoisotopic (exact) mass is 321 g/mol. The van der Waals surface area contributed by atoms with Crippen LogP contribution in [-0.2, 0) is 9.59 Å². The van der Waals surface area contributed by atoms with Gasteiger partial charge in [0.05, 0.1) is 5.01 Å². The van der Waals surface area contributed by atoms with Gasteiger partial charge in [-0.1, -0.05) is 13.5 Å². The molecule has 22 heavy (non-hydrogen) atoms. The normalized spacial score (nSPS) is 17.1. The molecule has 0 bridgehead atoms. The van der Waals surface area contributed by atoms with Crippen LogP contribution in [0.3, 0.4) is 0 Å². The van der Waals surface area contributed by atoms with Crippen LogP contribution in [0.1, 0.15) is 35.6 Å². The van der Waals surface area contributed by atoms with Gasteiger partial charge in [0.2, 0.25) is 11.8 Å². The summed E-state index contributed by atoms with van der Waals surface area (Å²) in [5.74, 6) is 0.265. The fourth-order valence-electron chi connectivity index (χ4n) is 2.58. The van der Waals surface area contributed by atoms with Gasteiger partial charge in [-0.2, -0.15) is 0 Å². The van der Waals surface area contributed by atoms with Crippen LogP contribution < -0.4 is 5.32 Å². The molecular formula is C16H23N3O2S. The highest BCUT2D eigenvalue weighted by molar-refractivity contribution is 7.11. The Kier molecular flexibility index (Phi) is 5.71. The molecule has 0 aliphatic carbocycles. The van der Waals surface area contributed by atoms with Crippen molar-refractivity contribution >= 4 is 23.2 Å². The number of nitrogens with zero attached hydrogens (tertiary/aromatic N) is 2. The van der Waals surface area contributed by atoms with Crippen molar-refractivity contribution in [3.05, 3.63) is 28.7 Å². The van der Waals surface area contributed by atoms with Crippen LogP contribution in [-0.4, -0.2) is 41.3 Å². The quantitative estimate of drug-likeness (QED) is 0.845. The number of aromatic nitrogens is 1. The second-order valence-electron chi connectivity index (χ2n) is 5.76. The van der Waals surface area contributed by atoms with Crippen LogP contribution in [0, 0.1) is 12.8 Å². The Hall–Kier alpha value is -1.69. The molecule has 1 N–H and O–H groups in total. The first-order chi connectivity index (χ1) is 10.5. The van der Waals surface area contributed by atoms with E-state index in [4.69, 9.17) is 0 Å². The van der Waals surface area contributed by atoms with Gasteiger partial charge >= 0.3 is 0 Å². The van der Waals surface area contributed by atoms with Gasteiger partial charge in [-0.25, -0.2) is 4.98 Å². The summed E-state index contributed by atoms with van der Waals surface area (Å²) in [5, 5.41) is 4.08. The highest BCUT2D eigenvalue weighted by atomic mass is 32.1. The van der Waals surface area contributed by atoms with Gasteiger partial charge in [-0.15, -0.1) is 11.3 Å². The number of carbonyl (C=O) groups excluding carboxylic acids is 2. The van der Waals surface area contributed by atoms with Crippen LogP contribution >= 0.6 is 11.3 Å². The second-order valence-corrected chi connectivity index (χ2v) is 7.03. The molecule has 0 aromatic carbocycles. The van der Waals surface area contributed by atoms with E-state index in [9.17, 15) is 9.59 Å². The minimum Gasteiger partial charge on any atom is -0.355 e. The smallest absolute Gasteiger partial charge is 0.245 e. The van der Waals surface area contributed by atoms with Crippen LogP contribution in [0.2, 0.25) is 0 Å². The Bertz CT molecular complexity index is 547. The zero-order chi connectivity index (χ0) is 16.1. The maximum Gasteiger partial charge on any atom is 0.245 e. The second kappa shape index (κ2) is 7.54. The number of hydrogen-bond donors (Lipinski definition) is 1. The van der Waals surface area contributed by atoms with Crippen molar-refractivity contribution < 1.29 is 9.59 Å². The zero-order valence-corrected chi connectivity index (χ0v) is 14.0. The van der Waals surface area contributed by atoms with Crippen molar-refractivity contribution in [1.82, 2.24) is 15.2 Å². The van der Waals surface area contributed by atoms with E-state index in [1.165, 1.54) is 11.0 Å². The molecule has 0 spiro atoms. The number of likely N-dealkylation sites (tertiary alicyclic amines) is 1. The number of thiazole rings is 1. The van der Waals surface area contributed by atoms with E-state index in [0.29, 0.717) is 19.6 Å². The first-order valence-corrected chi connectivity index (χ1v) is 8.44. The lowest BCUT2D eigenvalue weighted by Crippen LogP contribution is -2.43. The van der Waals surface area contributed by atoms with E-state index in [-0.39, 0.29) is 23.7 Å². The fourth-order valence-corrected chi connectivity index (χ4v) is 3.40. The first kappa shape index (κ1) is 16.7. The standard InChI is InChI=1S/C16H23N3O2S/c1-4-14(20)19-7-5-13(6-8-19)15(21)17-9-11(2)16-18-10-12(3)22-16/h4,10-11,13H,1,5-9H2,2-3H3,(H,17,21). The highest BCUT2D eigenvalue weighted by Gasteiger charge is 2.26. The summed E-state index contributed by atoms with van der Waals surface area (Å²) in [4.78, 5) is 31.0. The Labute approximate surface area is 135 Å². The Morgan fingerprint density at radius 3 is 2.77 bits per heavy atom. The molecule has 1 saturated heterocycles. The third-order valence-electron chi connectivity index (χ3n) is 4.00. The number of nitrogens with one attached hydrogen (secondary N) is 1. The summed E-state index contributed by atoms with van der Waals surface area (Å²) in [6.45, 7) is 9.47. The van der Waals surface area contributed by atoms with E-state index in [2.05, 4.69) is 23.8 Å². The summed E-state index contributed by atoms with van der Waals surface area (Å²) < 4.78 is 0. The Morgan fingerprint density at radius 2 is 2.23 bits per heavy atom. The van der Waals surface area contributed by atoms with Gasteiger partial charge in [0.15, 0.2) is 0 Å². The number of aryl methyl sites for hydroxylation is 1. The van der Waals surface area contributed by atoms with E-state index in [1.807, 2.05) is 13.1 Å². The van der Waals surface area contributed by atoms with E-state index < -0.39 is 0 Å². The molecule has 1 aliphatic heterocycles. The summed E-state index contributed by atoms with van der Waals surface area (Å²) in [5.41, 5.74) is 0. The Balaban J connectivity index is 1.76. The molecule has 0 saturated carbocycles. The average Bonchev–Trinajstić information content (AvgIpc) is 2.98. The molecule has 120 valence electrons. The maximum absolute atomic E-state index is 12.2. The SMILES string of the molecule is C=CC(=O)N1CCC(C(=O)NCC(C)c2ncc(C)s2)CC1. The number of hydrogen-bond acceptors (Lipinski definition) is 4. The number of carbonyl (C=O) groups is 2. The van der Waals surface area contributed by atoms with Crippen molar-refractivity contribution in [1.29, 1.82) is 0 Å². The third-order valence-corrected chi connectivity index (χ3v) is 5.14. The lowest BCUT2D eigenvalue weighted by atomic mass is 9.95. The molecule has 1 fully saturated rings. The molecule has 6 heteroatoms. The van der Waals surface area contributed by atoms with Gasteiger partial charge in [-0.05, 0) is 25.8 Å². The largest absolute Gasteiger partial charge is 0.355 e. The van der Waals surface area contributed by atoms with E-state index in [1.54, 1.807) is 16.2 Å². The number of amides is 2. The topological polar surface area (TPSA) is 62.3 Å². The molecule has 2 amide bonds. The molecular weight excluding hydrogens is 298 g/mol. The maximum atomic E-state index is 12.2. The van der Waals surface area contributed by atoms with Gasteiger partial charge in [0.25, 0.3) is 0 Å². The van der Waals surface area contributed by atoms with Crippen LogP contribution in [0.15, 0.2) is 18.9 Å². The summed E-state index contributed by atoms with van der Waals surface area (Å²) in [6.07, 6.45) is 4.63. The summed E-state index contributed by atoms with van der Waals surface area (Å²) >= 11 is 1.67. The molecule has 1 aliphatic rings. The van der Waals surface area contributed by atoms with Crippen molar-refractivity contribution in [2.45, 2.75) is 32.6 Å². The highest BCUT2D eigenvalue weighted by Crippen LogP contribution is 2.21. The minimum atomic E-state index is -0.0494. The molecule has 1 unspecified atom stereocenters. The van der Waals surface area contributed by atoms with E-state index in [0.717, 1.165) is 17.8 Å². The molecule has 2 rings (SSSR count). The predicted octanol–water partition coefficient (Wildman–Crippen LogP) is 2.10. The van der Waals surface area contributed by atoms with Gasteiger partial charge in [0.1, 0.15) is 0 Å². The lowest BCUT2D eigenvalue weighted by molar-refractivity contribution is -0.132. The average molecular weight is 321 g/mol. The summed E-state index contributed by atoms with van der Waals surface area (Å²) in [6, 6.07) is 0. The number of rotatable bonds is 5. The molecule has 1 atom stereocenters. The zero-order valence-electron chi connectivity index (χ0n) is 13.2. The molecule has 2 heterocycles. The van der Waals surface area contributed by atoms with Crippen molar-refractivity contribution in [3.63, 3.8) is 0 Å². The van der Waals surface area contributed by atoms with Crippen molar-refractivity contribution in [3.8, 4) is 0 Å².